The lowest BCUT2D eigenvalue weighted by Crippen LogP contribution is -2.43. The maximum absolute atomic E-state index is 14.1. The van der Waals surface area contributed by atoms with E-state index in [2.05, 4.69) is 10.1 Å². The molecule has 0 aliphatic carbocycles. The average Bonchev–Trinajstić information content (AvgIpc) is 3.29. The summed E-state index contributed by atoms with van der Waals surface area (Å²) in [5.74, 6) is -7.66. The Kier molecular flexibility index (Phi) is 5.90. The fourth-order valence-electron chi connectivity index (χ4n) is 3.35. The molecular weight excluding hydrogens is 415 g/mol. The second-order valence-corrected chi connectivity index (χ2v) is 7.12. The van der Waals surface area contributed by atoms with Gasteiger partial charge < -0.3 is 19.3 Å². The SMILES string of the molecule is O=C(c1noc(-c2cc(F)c(F)c(O)c2F)n1)N1CCCC(OCc2ccccc2)C1. The highest BCUT2D eigenvalue weighted by molar-refractivity contribution is 5.90. The van der Waals surface area contributed by atoms with Crippen molar-refractivity contribution >= 4 is 5.91 Å². The van der Waals surface area contributed by atoms with Gasteiger partial charge in [0.05, 0.1) is 18.3 Å². The number of phenolic OH excluding ortho intramolecular Hbond substituents is 1. The van der Waals surface area contributed by atoms with E-state index < -0.39 is 40.6 Å². The summed E-state index contributed by atoms with van der Waals surface area (Å²) in [6.07, 6.45) is 1.32. The zero-order valence-corrected chi connectivity index (χ0v) is 16.2. The van der Waals surface area contributed by atoms with E-state index in [4.69, 9.17) is 9.26 Å². The summed E-state index contributed by atoms with van der Waals surface area (Å²) in [6.45, 7) is 1.18. The Morgan fingerprint density at radius 2 is 2.00 bits per heavy atom. The second kappa shape index (κ2) is 8.76. The van der Waals surface area contributed by atoms with Crippen LogP contribution < -0.4 is 0 Å². The number of hydrogen-bond donors (Lipinski definition) is 1. The molecule has 0 bridgehead atoms. The smallest absolute Gasteiger partial charge is 0.295 e. The molecule has 1 fully saturated rings. The maximum Gasteiger partial charge on any atom is 0.295 e. The quantitative estimate of drug-likeness (QED) is 0.618. The van der Waals surface area contributed by atoms with Crippen LogP contribution in [0, 0.1) is 17.5 Å². The highest BCUT2D eigenvalue weighted by atomic mass is 19.2. The standard InChI is InChI=1S/C21H18F3N3O4/c22-15-9-14(16(23)18(28)17(15)24)20-25-19(26-31-20)21(29)27-8-4-7-13(10-27)30-11-12-5-2-1-3-6-12/h1-3,5-6,9,13,28H,4,7-8,10-11H2. The summed E-state index contributed by atoms with van der Waals surface area (Å²) in [4.78, 5) is 18.0. The van der Waals surface area contributed by atoms with Crippen molar-refractivity contribution in [3.8, 4) is 17.2 Å². The Bertz CT molecular complexity index is 1090. The Morgan fingerprint density at radius 3 is 2.77 bits per heavy atom. The van der Waals surface area contributed by atoms with Crippen molar-refractivity contribution in [1.29, 1.82) is 0 Å². The zero-order chi connectivity index (χ0) is 22.0. The van der Waals surface area contributed by atoms with Gasteiger partial charge in [-0.15, -0.1) is 0 Å². The molecule has 1 aromatic heterocycles. The number of carbonyl (C=O) groups is 1. The van der Waals surface area contributed by atoms with E-state index in [0.717, 1.165) is 12.0 Å². The topological polar surface area (TPSA) is 88.7 Å². The maximum atomic E-state index is 14.1. The third-order valence-corrected chi connectivity index (χ3v) is 4.97. The molecule has 2 heterocycles. The van der Waals surface area contributed by atoms with Gasteiger partial charge in [0.2, 0.25) is 5.82 Å². The predicted molar refractivity (Wildman–Crippen MR) is 101 cm³/mol. The molecule has 7 nitrogen and oxygen atoms in total. The largest absolute Gasteiger partial charge is 0.503 e. The molecule has 1 aliphatic rings. The Hall–Kier alpha value is -3.40. The first-order valence-corrected chi connectivity index (χ1v) is 9.59. The van der Waals surface area contributed by atoms with Crippen LogP contribution >= 0.6 is 0 Å². The van der Waals surface area contributed by atoms with Crippen LogP contribution in [0.15, 0.2) is 40.9 Å². The lowest BCUT2D eigenvalue weighted by atomic mass is 10.1. The molecule has 1 saturated heterocycles. The lowest BCUT2D eigenvalue weighted by molar-refractivity contribution is -0.00713. The molecule has 1 amide bonds. The van der Waals surface area contributed by atoms with Gasteiger partial charge in [-0.2, -0.15) is 9.37 Å². The number of carbonyl (C=O) groups excluding carboxylic acids is 1. The summed E-state index contributed by atoms with van der Waals surface area (Å²) in [5, 5.41) is 12.9. The van der Waals surface area contributed by atoms with E-state index >= 15 is 0 Å². The number of halogens is 3. The number of aromatic hydroxyl groups is 1. The number of nitrogens with zero attached hydrogens (tertiary/aromatic N) is 3. The monoisotopic (exact) mass is 433 g/mol. The van der Waals surface area contributed by atoms with Crippen LogP contribution in [0.4, 0.5) is 13.2 Å². The van der Waals surface area contributed by atoms with Crippen LogP contribution in [0.25, 0.3) is 11.5 Å². The lowest BCUT2D eigenvalue weighted by Gasteiger charge is -2.31. The van der Waals surface area contributed by atoms with E-state index in [1.54, 1.807) is 0 Å². The van der Waals surface area contributed by atoms with Crippen molar-refractivity contribution in [3.05, 3.63) is 65.2 Å². The molecule has 0 spiro atoms. The number of rotatable bonds is 5. The molecule has 1 aliphatic heterocycles. The average molecular weight is 433 g/mol. The summed E-state index contributed by atoms with van der Waals surface area (Å²) in [7, 11) is 0. The number of benzene rings is 2. The first-order valence-electron chi connectivity index (χ1n) is 9.59. The molecule has 1 N–H and O–H groups in total. The van der Waals surface area contributed by atoms with Crippen molar-refractivity contribution in [2.45, 2.75) is 25.6 Å². The van der Waals surface area contributed by atoms with Crippen molar-refractivity contribution in [3.63, 3.8) is 0 Å². The minimum Gasteiger partial charge on any atom is -0.503 e. The molecule has 0 saturated carbocycles. The number of amides is 1. The summed E-state index contributed by atoms with van der Waals surface area (Å²) in [5.41, 5.74) is 0.372. The van der Waals surface area contributed by atoms with Gasteiger partial charge >= 0.3 is 0 Å². The fourth-order valence-corrected chi connectivity index (χ4v) is 3.35. The first-order chi connectivity index (χ1) is 14.9. The molecule has 4 rings (SSSR count). The third-order valence-electron chi connectivity index (χ3n) is 4.97. The fraction of sp³-hybridized carbons (Fsp3) is 0.286. The van der Waals surface area contributed by atoms with E-state index in [1.165, 1.54) is 4.90 Å². The van der Waals surface area contributed by atoms with E-state index in [-0.39, 0.29) is 11.9 Å². The van der Waals surface area contributed by atoms with Crippen molar-refractivity contribution in [2.24, 2.45) is 0 Å². The van der Waals surface area contributed by atoms with Crippen molar-refractivity contribution in [1.82, 2.24) is 15.0 Å². The van der Waals surface area contributed by atoms with Gasteiger partial charge in [-0.3, -0.25) is 4.79 Å². The molecule has 162 valence electrons. The number of piperidine rings is 1. The molecular formula is C21H18F3N3O4. The normalized spacial score (nSPS) is 16.5. The van der Waals surface area contributed by atoms with Gasteiger partial charge in [0, 0.05) is 13.1 Å². The van der Waals surface area contributed by atoms with Crippen molar-refractivity contribution in [2.75, 3.05) is 13.1 Å². The predicted octanol–water partition coefficient (Wildman–Crippen LogP) is 3.68. The molecule has 1 atom stereocenters. The van der Waals surface area contributed by atoms with Gasteiger partial charge in [0.15, 0.2) is 17.4 Å². The molecule has 31 heavy (non-hydrogen) atoms. The van der Waals surface area contributed by atoms with Gasteiger partial charge in [-0.1, -0.05) is 35.5 Å². The Morgan fingerprint density at radius 1 is 1.23 bits per heavy atom. The highest BCUT2D eigenvalue weighted by Crippen LogP contribution is 2.31. The van der Waals surface area contributed by atoms with Gasteiger partial charge in [0.25, 0.3) is 17.6 Å². The van der Waals surface area contributed by atoms with E-state index in [1.807, 2.05) is 30.3 Å². The van der Waals surface area contributed by atoms with Gasteiger partial charge in [-0.25, -0.2) is 8.78 Å². The van der Waals surface area contributed by atoms with Crippen LogP contribution in [0.5, 0.6) is 5.75 Å². The number of likely N-dealkylation sites (tertiary alicyclic amines) is 1. The second-order valence-electron chi connectivity index (χ2n) is 7.12. The highest BCUT2D eigenvalue weighted by Gasteiger charge is 2.29. The van der Waals surface area contributed by atoms with Crippen LogP contribution in [-0.4, -0.2) is 45.2 Å². The number of ether oxygens (including phenoxy) is 1. The van der Waals surface area contributed by atoms with Crippen LogP contribution in [-0.2, 0) is 11.3 Å². The minimum absolute atomic E-state index is 0.176. The minimum atomic E-state index is -1.73. The molecule has 1 unspecified atom stereocenters. The number of phenols is 1. The van der Waals surface area contributed by atoms with Gasteiger partial charge in [0.1, 0.15) is 0 Å². The molecule has 10 heteroatoms. The Balaban J connectivity index is 1.45. The van der Waals surface area contributed by atoms with Crippen LogP contribution in [0.1, 0.15) is 29.0 Å². The molecule has 2 aromatic carbocycles. The number of aromatic nitrogens is 2. The van der Waals surface area contributed by atoms with Crippen molar-refractivity contribution < 1.29 is 32.3 Å². The zero-order valence-electron chi connectivity index (χ0n) is 16.2. The molecule has 3 aromatic rings. The van der Waals surface area contributed by atoms with E-state index in [9.17, 15) is 23.1 Å². The summed E-state index contributed by atoms with van der Waals surface area (Å²) in [6, 6.07) is 10.1. The summed E-state index contributed by atoms with van der Waals surface area (Å²) < 4.78 is 51.6. The third kappa shape index (κ3) is 4.38. The molecule has 0 radical (unpaired) electrons. The first kappa shape index (κ1) is 20.9. The van der Waals surface area contributed by atoms with Crippen LogP contribution in [0.3, 0.4) is 0 Å². The van der Waals surface area contributed by atoms with Gasteiger partial charge in [-0.05, 0) is 24.5 Å². The Labute approximate surface area is 175 Å². The number of hydrogen-bond acceptors (Lipinski definition) is 6. The van der Waals surface area contributed by atoms with Crippen LogP contribution in [0.2, 0.25) is 0 Å². The van der Waals surface area contributed by atoms with E-state index in [0.29, 0.717) is 32.2 Å². The summed E-state index contributed by atoms with van der Waals surface area (Å²) >= 11 is 0.